The summed E-state index contributed by atoms with van der Waals surface area (Å²) in [7, 11) is 0. The predicted molar refractivity (Wildman–Crippen MR) is 77.6 cm³/mol. The standard InChI is InChI=1S/C15H21N3O2/c16-14(18-20)8-4-5-9-17-15(19)13-10-12(13)11-6-2-1-3-7-11/h1-3,6-7,12-13,20H,4-5,8-10H2,(H2,16,18)(H,17,19). The van der Waals surface area contributed by atoms with Crippen LogP contribution in [0.25, 0.3) is 0 Å². The van der Waals surface area contributed by atoms with Gasteiger partial charge in [0, 0.05) is 18.9 Å². The molecule has 0 radical (unpaired) electrons. The molecule has 0 aromatic heterocycles. The molecule has 0 bridgehead atoms. The van der Waals surface area contributed by atoms with Gasteiger partial charge in [0.05, 0.1) is 0 Å². The Hall–Kier alpha value is -2.04. The molecule has 108 valence electrons. The van der Waals surface area contributed by atoms with Crippen molar-refractivity contribution < 1.29 is 10.0 Å². The van der Waals surface area contributed by atoms with Crippen LogP contribution in [-0.2, 0) is 4.79 Å². The van der Waals surface area contributed by atoms with Gasteiger partial charge < -0.3 is 16.3 Å². The normalized spacial score (nSPS) is 21.5. The van der Waals surface area contributed by atoms with Crippen molar-refractivity contribution in [3.05, 3.63) is 35.9 Å². The SMILES string of the molecule is N/C(CCCCNC(=O)C1CC1c1ccccc1)=N/O. The van der Waals surface area contributed by atoms with Gasteiger partial charge in [0.1, 0.15) is 5.84 Å². The van der Waals surface area contributed by atoms with Gasteiger partial charge in [0.2, 0.25) is 5.91 Å². The first-order valence-corrected chi connectivity index (χ1v) is 7.01. The molecular formula is C15H21N3O2. The zero-order valence-electron chi connectivity index (χ0n) is 11.5. The number of amides is 1. The highest BCUT2D eigenvalue weighted by Crippen LogP contribution is 2.47. The van der Waals surface area contributed by atoms with Crippen LogP contribution >= 0.6 is 0 Å². The Morgan fingerprint density at radius 2 is 2.10 bits per heavy atom. The van der Waals surface area contributed by atoms with E-state index < -0.39 is 0 Å². The number of nitrogens with two attached hydrogens (primary N) is 1. The maximum absolute atomic E-state index is 11.9. The Morgan fingerprint density at radius 3 is 2.80 bits per heavy atom. The maximum Gasteiger partial charge on any atom is 0.223 e. The molecule has 0 saturated heterocycles. The van der Waals surface area contributed by atoms with Crippen LogP contribution in [0.1, 0.15) is 37.2 Å². The number of nitrogens with one attached hydrogen (secondary N) is 1. The van der Waals surface area contributed by atoms with Gasteiger partial charge in [0.25, 0.3) is 0 Å². The molecular weight excluding hydrogens is 254 g/mol. The van der Waals surface area contributed by atoms with E-state index in [1.807, 2.05) is 18.2 Å². The third kappa shape index (κ3) is 3.98. The highest BCUT2D eigenvalue weighted by molar-refractivity contribution is 5.82. The predicted octanol–water partition coefficient (Wildman–Crippen LogP) is 1.82. The number of carbonyl (C=O) groups excluding carboxylic acids is 1. The van der Waals surface area contributed by atoms with Crippen molar-refractivity contribution in [1.82, 2.24) is 5.32 Å². The summed E-state index contributed by atoms with van der Waals surface area (Å²) in [5.74, 6) is 0.889. The van der Waals surface area contributed by atoms with Crippen LogP contribution in [0.4, 0.5) is 0 Å². The summed E-state index contributed by atoms with van der Waals surface area (Å²) in [6.07, 6.45) is 3.15. The Morgan fingerprint density at radius 1 is 1.35 bits per heavy atom. The molecule has 1 aliphatic rings. The minimum absolute atomic E-state index is 0.126. The number of hydrogen-bond acceptors (Lipinski definition) is 3. The van der Waals surface area contributed by atoms with E-state index in [0.717, 1.165) is 19.3 Å². The van der Waals surface area contributed by atoms with Gasteiger partial charge in [-0.05, 0) is 30.7 Å². The molecule has 4 N–H and O–H groups in total. The number of carbonyl (C=O) groups is 1. The van der Waals surface area contributed by atoms with E-state index in [1.54, 1.807) is 0 Å². The number of nitrogens with zero attached hydrogens (tertiary/aromatic N) is 1. The van der Waals surface area contributed by atoms with Crippen LogP contribution in [0.3, 0.4) is 0 Å². The summed E-state index contributed by atoms with van der Waals surface area (Å²) < 4.78 is 0. The molecule has 0 spiro atoms. The molecule has 2 rings (SSSR count). The number of hydrogen-bond donors (Lipinski definition) is 3. The van der Waals surface area contributed by atoms with Gasteiger partial charge in [-0.1, -0.05) is 35.5 Å². The number of benzene rings is 1. The van der Waals surface area contributed by atoms with E-state index >= 15 is 0 Å². The van der Waals surface area contributed by atoms with Crippen molar-refractivity contribution in [2.24, 2.45) is 16.8 Å². The Kier molecular flexibility index (Phi) is 4.98. The van der Waals surface area contributed by atoms with E-state index in [2.05, 4.69) is 22.6 Å². The topological polar surface area (TPSA) is 87.7 Å². The van der Waals surface area contributed by atoms with E-state index in [4.69, 9.17) is 10.9 Å². The highest BCUT2D eigenvalue weighted by Gasteiger charge is 2.43. The van der Waals surface area contributed by atoms with Crippen LogP contribution in [-0.4, -0.2) is 23.5 Å². The Bertz CT molecular complexity index is 473. The summed E-state index contributed by atoms with van der Waals surface area (Å²) in [4.78, 5) is 11.9. The lowest BCUT2D eigenvalue weighted by Crippen LogP contribution is -2.26. The molecule has 20 heavy (non-hydrogen) atoms. The highest BCUT2D eigenvalue weighted by atomic mass is 16.4. The summed E-state index contributed by atoms with van der Waals surface area (Å²) in [5, 5.41) is 14.3. The molecule has 1 amide bonds. The number of rotatable bonds is 7. The van der Waals surface area contributed by atoms with Crippen molar-refractivity contribution in [2.75, 3.05) is 6.54 Å². The lowest BCUT2D eigenvalue weighted by Gasteiger charge is -2.05. The molecule has 1 saturated carbocycles. The van der Waals surface area contributed by atoms with Crippen LogP contribution in [0.15, 0.2) is 35.5 Å². The number of amidine groups is 1. The molecule has 1 aliphatic carbocycles. The molecule has 5 nitrogen and oxygen atoms in total. The van der Waals surface area contributed by atoms with Crippen molar-refractivity contribution >= 4 is 11.7 Å². The van der Waals surface area contributed by atoms with Gasteiger partial charge in [0.15, 0.2) is 0 Å². The second kappa shape index (κ2) is 6.93. The van der Waals surface area contributed by atoms with Gasteiger partial charge in [-0.15, -0.1) is 0 Å². The summed E-state index contributed by atoms with van der Waals surface area (Å²) in [6.45, 7) is 0.648. The zero-order chi connectivity index (χ0) is 14.4. The lowest BCUT2D eigenvalue weighted by molar-refractivity contribution is -0.122. The first-order valence-electron chi connectivity index (χ1n) is 7.01. The fraction of sp³-hybridized carbons (Fsp3) is 0.467. The van der Waals surface area contributed by atoms with Gasteiger partial charge in [-0.3, -0.25) is 4.79 Å². The molecule has 2 atom stereocenters. The molecule has 1 aromatic carbocycles. The monoisotopic (exact) mass is 275 g/mol. The molecule has 1 fully saturated rings. The summed E-state index contributed by atoms with van der Waals surface area (Å²) in [6, 6.07) is 10.2. The number of oxime groups is 1. The molecule has 2 unspecified atom stereocenters. The fourth-order valence-corrected chi connectivity index (χ4v) is 2.38. The molecule has 0 heterocycles. The van der Waals surface area contributed by atoms with E-state index in [1.165, 1.54) is 5.56 Å². The Labute approximate surface area is 118 Å². The second-order valence-corrected chi connectivity index (χ2v) is 5.20. The van der Waals surface area contributed by atoms with Crippen molar-refractivity contribution in [3.63, 3.8) is 0 Å². The van der Waals surface area contributed by atoms with Crippen LogP contribution in [0, 0.1) is 5.92 Å². The van der Waals surface area contributed by atoms with Crippen LogP contribution in [0.2, 0.25) is 0 Å². The number of unbranched alkanes of at least 4 members (excludes halogenated alkanes) is 1. The first kappa shape index (κ1) is 14.4. The van der Waals surface area contributed by atoms with E-state index in [9.17, 15) is 4.79 Å². The van der Waals surface area contributed by atoms with Crippen molar-refractivity contribution in [3.8, 4) is 0 Å². The van der Waals surface area contributed by atoms with Crippen molar-refractivity contribution in [2.45, 2.75) is 31.6 Å². The molecule has 5 heteroatoms. The van der Waals surface area contributed by atoms with Gasteiger partial charge in [-0.25, -0.2) is 0 Å². The quantitative estimate of drug-likeness (QED) is 0.233. The first-order chi connectivity index (χ1) is 9.72. The average Bonchev–Trinajstić information content (AvgIpc) is 3.28. The van der Waals surface area contributed by atoms with Gasteiger partial charge >= 0.3 is 0 Å². The second-order valence-electron chi connectivity index (χ2n) is 5.20. The molecule has 0 aliphatic heterocycles. The lowest BCUT2D eigenvalue weighted by atomic mass is 10.1. The smallest absolute Gasteiger partial charge is 0.223 e. The summed E-state index contributed by atoms with van der Waals surface area (Å²) >= 11 is 0. The minimum atomic E-state index is 0.126. The molecule has 1 aromatic rings. The fourth-order valence-electron chi connectivity index (χ4n) is 2.38. The third-order valence-corrected chi connectivity index (χ3v) is 3.64. The average molecular weight is 275 g/mol. The summed E-state index contributed by atoms with van der Waals surface area (Å²) in [5.41, 5.74) is 6.62. The van der Waals surface area contributed by atoms with Crippen LogP contribution < -0.4 is 11.1 Å². The third-order valence-electron chi connectivity index (χ3n) is 3.64. The zero-order valence-corrected chi connectivity index (χ0v) is 11.5. The van der Waals surface area contributed by atoms with Gasteiger partial charge in [-0.2, -0.15) is 0 Å². The van der Waals surface area contributed by atoms with Crippen LogP contribution in [0.5, 0.6) is 0 Å². The Balaban J connectivity index is 1.63. The van der Waals surface area contributed by atoms with Crippen molar-refractivity contribution in [1.29, 1.82) is 0 Å². The minimum Gasteiger partial charge on any atom is -0.409 e. The van der Waals surface area contributed by atoms with E-state index in [-0.39, 0.29) is 17.7 Å². The maximum atomic E-state index is 11.9. The van der Waals surface area contributed by atoms with E-state index in [0.29, 0.717) is 18.9 Å². The largest absolute Gasteiger partial charge is 0.409 e.